The van der Waals surface area contributed by atoms with Gasteiger partial charge in [0.25, 0.3) is 0 Å². The topological polar surface area (TPSA) is 53.1 Å². The molecule has 1 aliphatic heterocycles. The molecule has 0 aliphatic carbocycles. The molecule has 6 heteroatoms. The van der Waals surface area contributed by atoms with Crippen molar-refractivity contribution in [3.05, 3.63) is 41.1 Å². The Morgan fingerprint density at radius 3 is 2.60 bits per heavy atom. The molecule has 0 amide bonds. The standard InChI is InChI=1S/C14H16BrN5/c15-11-1-3-12(4-2-11)19-13-9-14(18-10-17-13)20-7-5-16-6-8-20/h1-4,9-10,16H,5-8H2,(H,17,18,19). The zero-order valence-corrected chi connectivity index (χ0v) is 12.6. The van der Waals surface area contributed by atoms with E-state index in [1.54, 1.807) is 6.33 Å². The summed E-state index contributed by atoms with van der Waals surface area (Å²) < 4.78 is 1.06. The Bertz CT molecular complexity index is 566. The van der Waals surface area contributed by atoms with Crippen molar-refractivity contribution in [3.8, 4) is 0 Å². The van der Waals surface area contributed by atoms with Gasteiger partial charge in [0.1, 0.15) is 18.0 Å². The van der Waals surface area contributed by atoms with Crippen LogP contribution in [0.25, 0.3) is 0 Å². The van der Waals surface area contributed by atoms with Crippen LogP contribution >= 0.6 is 15.9 Å². The highest BCUT2D eigenvalue weighted by Gasteiger charge is 2.12. The summed E-state index contributed by atoms with van der Waals surface area (Å²) in [5, 5.41) is 6.64. The number of piperazine rings is 1. The lowest BCUT2D eigenvalue weighted by atomic mass is 10.3. The van der Waals surface area contributed by atoms with Crippen LogP contribution < -0.4 is 15.5 Å². The zero-order valence-electron chi connectivity index (χ0n) is 11.0. The Morgan fingerprint density at radius 1 is 1.10 bits per heavy atom. The Balaban J connectivity index is 1.75. The maximum Gasteiger partial charge on any atom is 0.135 e. The van der Waals surface area contributed by atoms with Crippen LogP contribution in [0.4, 0.5) is 17.3 Å². The van der Waals surface area contributed by atoms with Gasteiger partial charge in [-0.05, 0) is 24.3 Å². The number of anilines is 3. The Hall–Kier alpha value is -1.66. The SMILES string of the molecule is Brc1ccc(Nc2cc(N3CCNCC3)ncn2)cc1. The van der Waals surface area contributed by atoms with Gasteiger partial charge in [0.15, 0.2) is 0 Å². The molecule has 2 aromatic rings. The Labute approximate surface area is 126 Å². The van der Waals surface area contributed by atoms with Gasteiger partial charge >= 0.3 is 0 Å². The van der Waals surface area contributed by atoms with Gasteiger partial charge < -0.3 is 15.5 Å². The Morgan fingerprint density at radius 2 is 1.85 bits per heavy atom. The number of rotatable bonds is 3. The van der Waals surface area contributed by atoms with Crippen LogP contribution in [-0.4, -0.2) is 36.1 Å². The molecular weight excluding hydrogens is 318 g/mol. The average Bonchev–Trinajstić information content (AvgIpc) is 2.51. The smallest absolute Gasteiger partial charge is 0.135 e. The maximum atomic E-state index is 4.36. The number of halogens is 1. The van der Waals surface area contributed by atoms with Crippen molar-refractivity contribution in [2.24, 2.45) is 0 Å². The summed E-state index contributed by atoms with van der Waals surface area (Å²) in [6, 6.07) is 10.0. The lowest BCUT2D eigenvalue weighted by Gasteiger charge is -2.28. The van der Waals surface area contributed by atoms with Crippen LogP contribution in [0, 0.1) is 0 Å². The minimum atomic E-state index is 0.816. The lowest BCUT2D eigenvalue weighted by Crippen LogP contribution is -2.43. The van der Waals surface area contributed by atoms with Gasteiger partial charge in [0, 0.05) is 42.4 Å². The second-order valence-corrected chi connectivity index (χ2v) is 5.55. The summed E-state index contributed by atoms with van der Waals surface area (Å²) in [6.45, 7) is 3.96. The Kier molecular flexibility index (Phi) is 4.13. The highest BCUT2D eigenvalue weighted by molar-refractivity contribution is 9.10. The van der Waals surface area contributed by atoms with E-state index >= 15 is 0 Å². The number of hydrogen-bond acceptors (Lipinski definition) is 5. The highest BCUT2D eigenvalue weighted by atomic mass is 79.9. The fourth-order valence-electron chi connectivity index (χ4n) is 2.16. The van der Waals surface area contributed by atoms with Crippen molar-refractivity contribution >= 4 is 33.3 Å². The first-order chi connectivity index (χ1) is 9.81. The molecule has 2 N–H and O–H groups in total. The first-order valence-corrected chi connectivity index (χ1v) is 7.41. The lowest BCUT2D eigenvalue weighted by molar-refractivity contribution is 0.584. The van der Waals surface area contributed by atoms with Gasteiger partial charge in [-0.15, -0.1) is 0 Å². The van der Waals surface area contributed by atoms with Crippen molar-refractivity contribution in [2.75, 3.05) is 36.4 Å². The highest BCUT2D eigenvalue weighted by Crippen LogP contribution is 2.20. The molecule has 3 rings (SSSR count). The summed E-state index contributed by atoms with van der Waals surface area (Å²) in [5.74, 6) is 1.79. The van der Waals surface area contributed by atoms with E-state index in [9.17, 15) is 0 Å². The number of aromatic nitrogens is 2. The fourth-order valence-corrected chi connectivity index (χ4v) is 2.43. The third-order valence-electron chi connectivity index (χ3n) is 3.21. The second kappa shape index (κ2) is 6.19. The molecule has 104 valence electrons. The summed E-state index contributed by atoms with van der Waals surface area (Å²) in [7, 11) is 0. The number of benzene rings is 1. The van der Waals surface area contributed by atoms with Gasteiger partial charge in [0.2, 0.25) is 0 Å². The molecule has 0 radical (unpaired) electrons. The molecule has 1 aliphatic rings. The monoisotopic (exact) mass is 333 g/mol. The molecule has 0 atom stereocenters. The average molecular weight is 334 g/mol. The minimum absolute atomic E-state index is 0.816. The summed E-state index contributed by atoms with van der Waals surface area (Å²) >= 11 is 3.43. The molecule has 0 saturated carbocycles. The fraction of sp³-hybridized carbons (Fsp3) is 0.286. The van der Waals surface area contributed by atoms with Crippen LogP contribution in [0.2, 0.25) is 0 Å². The van der Waals surface area contributed by atoms with E-state index in [4.69, 9.17) is 0 Å². The molecule has 20 heavy (non-hydrogen) atoms. The van der Waals surface area contributed by atoms with E-state index < -0.39 is 0 Å². The van der Waals surface area contributed by atoms with Gasteiger partial charge in [-0.3, -0.25) is 0 Å². The van der Waals surface area contributed by atoms with Gasteiger partial charge in [-0.1, -0.05) is 15.9 Å². The summed E-state index contributed by atoms with van der Waals surface area (Å²) in [6.07, 6.45) is 1.61. The molecule has 5 nitrogen and oxygen atoms in total. The molecule has 1 aromatic heterocycles. The minimum Gasteiger partial charge on any atom is -0.354 e. The van der Waals surface area contributed by atoms with E-state index in [1.807, 2.05) is 30.3 Å². The first-order valence-electron chi connectivity index (χ1n) is 6.61. The van der Waals surface area contributed by atoms with Crippen LogP contribution in [-0.2, 0) is 0 Å². The van der Waals surface area contributed by atoms with Crippen molar-refractivity contribution in [1.29, 1.82) is 0 Å². The van der Waals surface area contributed by atoms with Crippen LogP contribution in [0.3, 0.4) is 0 Å². The molecule has 0 spiro atoms. The van der Waals surface area contributed by atoms with E-state index in [-0.39, 0.29) is 0 Å². The number of nitrogens with zero attached hydrogens (tertiary/aromatic N) is 3. The maximum absolute atomic E-state index is 4.36. The zero-order chi connectivity index (χ0) is 13.8. The van der Waals surface area contributed by atoms with E-state index in [0.29, 0.717) is 0 Å². The predicted octanol–water partition coefficient (Wildman–Crippen LogP) is 2.39. The number of hydrogen-bond donors (Lipinski definition) is 2. The van der Waals surface area contributed by atoms with Crippen molar-refractivity contribution < 1.29 is 0 Å². The van der Waals surface area contributed by atoms with Crippen LogP contribution in [0.1, 0.15) is 0 Å². The van der Waals surface area contributed by atoms with E-state index in [1.165, 1.54) is 0 Å². The molecule has 1 saturated heterocycles. The van der Waals surface area contributed by atoms with Crippen molar-refractivity contribution in [2.45, 2.75) is 0 Å². The van der Waals surface area contributed by atoms with Gasteiger partial charge in [0.05, 0.1) is 0 Å². The van der Waals surface area contributed by atoms with Crippen molar-refractivity contribution in [1.82, 2.24) is 15.3 Å². The quantitative estimate of drug-likeness (QED) is 0.903. The molecular formula is C14H16BrN5. The van der Waals surface area contributed by atoms with Gasteiger partial charge in [-0.2, -0.15) is 0 Å². The van der Waals surface area contributed by atoms with E-state index in [0.717, 1.165) is 48.0 Å². The number of nitrogens with one attached hydrogen (secondary N) is 2. The molecule has 2 heterocycles. The predicted molar refractivity (Wildman–Crippen MR) is 84.5 cm³/mol. The second-order valence-electron chi connectivity index (χ2n) is 4.63. The molecule has 0 bridgehead atoms. The largest absolute Gasteiger partial charge is 0.354 e. The summed E-state index contributed by atoms with van der Waals surface area (Å²) in [5.41, 5.74) is 1.01. The van der Waals surface area contributed by atoms with Crippen molar-refractivity contribution in [3.63, 3.8) is 0 Å². The van der Waals surface area contributed by atoms with Crippen LogP contribution in [0.5, 0.6) is 0 Å². The molecule has 1 aromatic carbocycles. The third-order valence-corrected chi connectivity index (χ3v) is 3.74. The first kappa shape index (κ1) is 13.3. The van der Waals surface area contributed by atoms with Gasteiger partial charge in [-0.25, -0.2) is 9.97 Å². The normalized spacial score (nSPS) is 15.2. The van der Waals surface area contributed by atoms with Crippen LogP contribution in [0.15, 0.2) is 41.1 Å². The third kappa shape index (κ3) is 3.26. The molecule has 1 fully saturated rings. The van der Waals surface area contributed by atoms with E-state index in [2.05, 4.69) is 41.4 Å². The molecule has 0 unspecified atom stereocenters. The summed E-state index contributed by atoms with van der Waals surface area (Å²) in [4.78, 5) is 10.9.